The molecule has 1 aliphatic heterocycles. The Kier molecular flexibility index (Phi) is 4.05. The topological polar surface area (TPSA) is 87.4 Å². The second-order valence-electron chi connectivity index (χ2n) is 6.09. The minimum absolute atomic E-state index is 0.00716. The molecule has 0 saturated heterocycles. The van der Waals surface area contributed by atoms with Crippen molar-refractivity contribution in [2.75, 3.05) is 0 Å². The Bertz CT molecular complexity index is 1250. The van der Waals surface area contributed by atoms with Crippen LogP contribution < -0.4 is 11.2 Å². The minimum Gasteiger partial charge on any atom is -0.494 e. The number of halogens is 1. The van der Waals surface area contributed by atoms with Crippen LogP contribution in [0.15, 0.2) is 63.1 Å². The predicted molar refractivity (Wildman–Crippen MR) is 106 cm³/mol. The van der Waals surface area contributed by atoms with E-state index in [2.05, 4.69) is 9.98 Å². The molecule has 0 saturated carbocycles. The third-order valence-electron chi connectivity index (χ3n) is 4.46. The van der Waals surface area contributed by atoms with Crippen molar-refractivity contribution < 1.29 is 5.11 Å². The van der Waals surface area contributed by atoms with Crippen molar-refractivity contribution in [1.82, 2.24) is 9.55 Å². The summed E-state index contributed by atoms with van der Waals surface area (Å²) in [4.78, 5) is 31.4. The van der Waals surface area contributed by atoms with Gasteiger partial charge in [-0.3, -0.25) is 14.8 Å². The molecule has 2 aromatic carbocycles. The maximum Gasteiger partial charge on any atom is 0.335 e. The molecule has 0 spiro atoms. The van der Waals surface area contributed by atoms with Gasteiger partial charge in [0, 0.05) is 22.4 Å². The van der Waals surface area contributed by atoms with Gasteiger partial charge in [0.1, 0.15) is 5.56 Å². The SMILES string of the molecule is CC(=C1C=Nc2ccccc21)c1c(O)n(-c2cccc(Cl)c2)c(=O)[nH]c1=O. The van der Waals surface area contributed by atoms with Crippen LogP contribution in [0.25, 0.3) is 16.8 Å². The molecule has 7 heteroatoms. The molecule has 27 heavy (non-hydrogen) atoms. The fourth-order valence-corrected chi connectivity index (χ4v) is 3.35. The van der Waals surface area contributed by atoms with E-state index in [-0.39, 0.29) is 5.56 Å². The Balaban J connectivity index is 2.00. The zero-order valence-corrected chi connectivity index (χ0v) is 15.0. The molecule has 1 aliphatic rings. The van der Waals surface area contributed by atoms with E-state index >= 15 is 0 Å². The number of benzene rings is 2. The molecule has 6 nitrogen and oxygen atoms in total. The summed E-state index contributed by atoms with van der Waals surface area (Å²) < 4.78 is 1.02. The van der Waals surface area contributed by atoms with Crippen LogP contribution >= 0.6 is 11.6 Å². The van der Waals surface area contributed by atoms with Crippen molar-refractivity contribution in [3.63, 3.8) is 0 Å². The second kappa shape index (κ2) is 6.41. The minimum atomic E-state index is -0.748. The van der Waals surface area contributed by atoms with Gasteiger partial charge in [-0.2, -0.15) is 0 Å². The Morgan fingerprint density at radius 3 is 2.70 bits per heavy atom. The monoisotopic (exact) mass is 379 g/mol. The van der Waals surface area contributed by atoms with Crippen molar-refractivity contribution in [3.8, 4) is 11.6 Å². The van der Waals surface area contributed by atoms with Crippen LogP contribution in [0.2, 0.25) is 5.02 Å². The first-order valence-corrected chi connectivity index (χ1v) is 8.54. The van der Waals surface area contributed by atoms with Crippen molar-refractivity contribution >= 4 is 34.6 Å². The van der Waals surface area contributed by atoms with Crippen LogP contribution in [0.3, 0.4) is 0 Å². The van der Waals surface area contributed by atoms with E-state index < -0.39 is 17.1 Å². The first-order valence-electron chi connectivity index (χ1n) is 8.16. The van der Waals surface area contributed by atoms with Crippen LogP contribution in [-0.2, 0) is 0 Å². The fourth-order valence-electron chi connectivity index (χ4n) is 3.17. The molecule has 3 aromatic rings. The molecule has 0 amide bonds. The lowest BCUT2D eigenvalue weighted by molar-refractivity contribution is 0.429. The van der Waals surface area contributed by atoms with Crippen molar-refractivity contribution in [2.24, 2.45) is 4.99 Å². The number of aromatic amines is 1. The number of nitrogens with one attached hydrogen (secondary N) is 1. The zero-order chi connectivity index (χ0) is 19.1. The van der Waals surface area contributed by atoms with Gasteiger partial charge in [-0.15, -0.1) is 0 Å². The molecular weight excluding hydrogens is 366 g/mol. The first-order chi connectivity index (χ1) is 13.0. The number of para-hydroxylation sites is 1. The summed E-state index contributed by atoms with van der Waals surface area (Å²) in [5.74, 6) is -0.450. The Labute approximate surface area is 158 Å². The van der Waals surface area contributed by atoms with Crippen LogP contribution in [0.4, 0.5) is 5.69 Å². The molecule has 0 fully saturated rings. The number of allylic oxidation sites excluding steroid dienone is 2. The number of H-pyrrole nitrogens is 1. The average molecular weight is 380 g/mol. The second-order valence-corrected chi connectivity index (χ2v) is 6.52. The first kappa shape index (κ1) is 17.1. The highest BCUT2D eigenvalue weighted by atomic mass is 35.5. The van der Waals surface area contributed by atoms with Crippen LogP contribution in [0, 0.1) is 0 Å². The molecule has 0 aliphatic carbocycles. The molecule has 0 atom stereocenters. The van der Waals surface area contributed by atoms with E-state index in [1.807, 2.05) is 24.3 Å². The smallest absolute Gasteiger partial charge is 0.335 e. The van der Waals surface area contributed by atoms with Gasteiger partial charge in [-0.05, 0) is 36.8 Å². The number of aromatic nitrogens is 2. The molecule has 1 aromatic heterocycles. The van der Waals surface area contributed by atoms with Crippen molar-refractivity contribution in [1.29, 1.82) is 0 Å². The van der Waals surface area contributed by atoms with E-state index in [1.165, 1.54) is 6.07 Å². The predicted octanol–water partition coefficient (Wildman–Crippen LogP) is 3.53. The summed E-state index contributed by atoms with van der Waals surface area (Å²) in [6.45, 7) is 1.71. The summed E-state index contributed by atoms with van der Waals surface area (Å²) in [6, 6.07) is 13.9. The highest BCUT2D eigenvalue weighted by Gasteiger charge is 2.22. The number of aliphatic imine (C=N–C) groups is 1. The molecular formula is C20H14ClN3O3. The summed E-state index contributed by atoms with van der Waals surface area (Å²) in [5.41, 5.74) is 1.80. The van der Waals surface area contributed by atoms with Crippen molar-refractivity contribution in [3.05, 3.63) is 85.5 Å². The molecule has 4 rings (SSSR count). The van der Waals surface area contributed by atoms with Gasteiger partial charge in [0.2, 0.25) is 5.88 Å². The largest absolute Gasteiger partial charge is 0.494 e. The van der Waals surface area contributed by atoms with Crippen molar-refractivity contribution in [2.45, 2.75) is 6.92 Å². The lowest BCUT2D eigenvalue weighted by Crippen LogP contribution is -2.31. The van der Waals surface area contributed by atoms with Crippen LogP contribution in [-0.4, -0.2) is 20.9 Å². The Hall–Kier alpha value is -3.38. The molecule has 0 unspecified atom stereocenters. The zero-order valence-electron chi connectivity index (χ0n) is 14.2. The van der Waals surface area contributed by atoms with Gasteiger partial charge in [0.15, 0.2) is 0 Å². The summed E-state index contributed by atoms with van der Waals surface area (Å²) >= 11 is 6.00. The third-order valence-corrected chi connectivity index (χ3v) is 4.69. The number of hydrogen-bond acceptors (Lipinski definition) is 4. The number of nitrogens with zero attached hydrogens (tertiary/aromatic N) is 2. The van der Waals surface area contributed by atoms with Gasteiger partial charge in [-0.25, -0.2) is 9.36 Å². The number of fused-ring (bicyclic) bond motifs is 1. The quantitative estimate of drug-likeness (QED) is 0.714. The normalized spacial score (nSPS) is 14.3. The van der Waals surface area contributed by atoms with E-state index in [0.717, 1.165) is 15.8 Å². The molecule has 2 heterocycles. The maximum atomic E-state index is 12.5. The Morgan fingerprint density at radius 1 is 1.15 bits per heavy atom. The molecule has 0 radical (unpaired) electrons. The van der Waals surface area contributed by atoms with Gasteiger partial charge in [0.25, 0.3) is 5.56 Å². The third kappa shape index (κ3) is 2.80. The van der Waals surface area contributed by atoms with Crippen LogP contribution in [0.1, 0.15) is 18.1 Å². The highest BCUT2D eigenvalue weighted by Crippen LogP contribution is 2.36. The highest BCUT2D eigenvalue weighted by molar-refractivity contribution is 6.30. The van der Waals surface area contributed by atoms with E-state index in [9.17, 15) is 14.7 Å². The maximum absolute atomic E-state index is 12.5. The lowest BCUT2D eigenvalue weighted by atomic mass is 9.98. The van der Waals surface area contributed by atoms with Gasteiger partial charge in [0.05, 0.1) is 11.4 Å². The lowest BCUT2D eigenvalue weighted by Gasteiger charge is -2.13. The van der Waals surface area contributed by atoms with E-state index in [4.69, 9.17) is 11.6 Å². The average Bonchev–Trinajstić information content (AvgIpc) is 3.05. The van der Waals surface area contributed by atoms with Gasteiger partial charge < -0.3 is 5.11 Å². The summed E-state index contributed by atoms with van der Waals surface area (Å²) in [7, 11) is 0. The molecule has 134 valence electrons. The number of hydrogen-bond donors (Lipinski definition) is 2. The number of rotatable bonds is 2. The number of aromatic hydroxyl groups is 1. The summed E-state index contributed by atoms with van der Waals surface area (Å²) in [6.07, 6.45) is 1.65. The summed E-state index contributed by atoms with van der Waals surface area (Å²) in [5, 5.41) is 11.2. The standard InChI is InChI=1S/C20H14ClN3O3/c1-11(15-10-22-16-8-3-2-7-14(15)16)17-18(25)23-20(27)24(19(17)26)13-6-4-5-12(21)9-13/h2-10,26H,1H3,(H,23,25,27). The van der Waals surface area contributed by atoms with E-state index in [1.54, 1.807) is 31.3 Å². The fraction of sp³-hybridized carbons (Fsp3) is 0.0500. The molecule has 0 bridgehead atoms. The van der Waals surface area contributed by atoms with Gasteiger partial charge in [-0.1, -0.05) is 35.9 Å². The van der Waals surface area contributed by atoms with E-state index in [0.29, 0.717) is 21.9 Å². The van der Waals surface area contributed by atoms with Crippen LogP contribution in [0.5, 0.6) is 5.88 Å². The Morgan fingerprint density at radius 2 is 1.93 bits per heavy atom. The van der Waals surface area contributed by atoms with Gasteiger partial charge >= 0.3 is 5.69 Å². The molecule has 2 N–H and O–H groups in total.